The van der Waals surface area contributed by atoms with Crippen molar-refractivity contribution < 1.29 is 21.8 Å². The van der Waals surface area contributed by atoms with E-state index in [4.69, 9.17) is 0 Å². The second-order valence-electron chi connectivity index (χ2n) is 2.35. The van der Waals surface area contributed by atoms with Gasteiger partial charge in [-0.25, -0.2) is 0 Å². The van der Waals surface area contributed by atoms with Gasteiger partial charge in [0.1, 0.15) is 0 Å². The first-order chi connectivity index (χ1) is 5.20. The lowest BCUT2D eigenvalue weighted by molar-refractivity contribution is -0.694. The zero-order valence-corrected chi connectivity index (χ0v) is 8.97. The number of pyridine rings is 1. The summed E-state index contributed by atoms with van der Waals surface area (Å²) >= 11 is 3.34. The molecule has 0 bridgehead atoms. The first-order valence-electron chi connectivity index (χ1n) is 3.33. The lowest BCUT2D eigenvalue weighted by atomic mass is 10.4. The molecular weight excluding hydrogens is 241 g/mol. The van der Waals surface area contributed by atoms with Crippen molar-refractivity contribution in [3.8, 4) is 0 Å². The second-order valence-corrected chi connectivity index (χ2v) is 3.17. The van der Waals surface area contributed by atoms with E-state index in [0.717, 1.165) is 4.60 Å². The van der Waals surface area contributed by atoms with Gasteiger partial charge in [0.2, 0.25) is 11.1 Å². The number of hydrogen-bond acceptors (Lipinski definition) is 1. The highest BCUT2D eigenvalue weighted by Crippen LogP contribution is 1.99. The Hall–Kier alpha value is -0.410. The number of halogens is 2. The molecule has 1 aromatic rings. The molecule has 0 unspecified atom stereocenters. The summed E-state index contributed by atoms with van der Waals surface area (Å²) < 4.78 is 2.78. The van der Waals surface area contributed by atoms with Crippen LogP contribution in [0.25, 0.3) is 0 Å². The smallest absolute Gasteiger partial charge is 0.248 e. The van der Waals surface area contributed by atoms with E-state index < -0.39 is 0 Å². The Kier molecular flexibility index (Phi) is 5.09. The highest BCUT2D eigenvalue weighted by molar-refractivity contribution is 9.10. The number of hydrogen-bond donors (Lipinski definition) is 0. The van der Waals surface area contributed by atoms with Crippen LogP contribution >= 0.6 is 15.9 Å². The summed E-state index contributed by atoms with van der Waals surface area (Å²) in [4.78, 5) is 10.7. The van der Waals surface area contributed by atoms with E-state index in [1.807, 2.05) is 29.0 Å². The van der Waals surface area contributed by atoms with E-state index >= 15 is 0 Å². The number of aromatic nitrogens is 1. The maximum Gasteiger partial charge on any atom is 0.248 e. The highest BCUT2D eigenvalue weighted by Gasteiger charge is 2.07. The molecule has 2 nitrogen and oxygen atoms in total. The van der Waals surface area contributed by atoms with Crippen molar-refractivity contribution in [3.05, 3.63) is 29.0 Å². The average Bonchev–Trinajstić information content (AvgIpc) is 1.93. The molecule has 66 valence electrons. The zero-order chi connectivity index (χ0) is 8.27. The fourth-order valence-electron chi connectivity index (χ4n) is 0.824. The minimum Gasteiger partial charge on any atom is -1.00 e. The monoisotopic (exact) mass is 249 g/mol. The summed E-state index contributed by atoms with van der Waals surface area (Å²) in [5, 5.41) is 0. The van der Waals surface area contributed by atoms with Crippen LogP contribution in [0.3, 0.4) is 0 Å². The summed E-state index contributed by atoms with van der Waals surface area (Å²) in [5.74, 6) is 0.155. The molecule has 12 heavy (non-hydrogen) atoms. The number of carbonyl (C=O) groups excluding carboxylic acids is 1. The van der Waals surface area contributed by atoms with Gasteiger partial charge in [0.05, 0.1) is 0 Å². The van der Waals surface area contributed by atoms with Crippen molar-refractivity contribution in [2.45, 2.75) is 13.5 Å². The predicted molar refractivity (Wildman–Crippen MR) is 45.0 cm³/mol. The minimum atomic E-state index is 0. The SMILES string of the molecule is CC(=O)C[n+]1ccccc1Br.[Cl-]. The van der Waals surface area contributed by atoms with E-state index in [9.17, 15) is 4.79 Å². The summed E-state index contributed by atoms with van der Waals surface area (Å²) in [7, 11) is 0. The lowest BCUT2D eigenvalue weighted by Crippen LogP contribution is -3.00. The van der Waals surface area contributed by atoms with Crippen LogP contribution in [0.4, 0.5) is 0 Å². The highest BCUT2D eigenvalue weighted by atomic mass is 79.9. The van der Waals surface area contributed by atoms with Crippen LogP contribution in [0.1, 0.15) is 6.92 Å². The van der Waals surface area contributed by atoms with E-state index in [2.05, 4.69) is 15.9 Å². The van der Waals surface area contributed by atoms with Gasteiger partial charge in [-0.05, 0) is 6.07 Å². The van der Waals surface area contributed by atoms with Crippen molar-refractivity contribution in [1.82, 2.24) is 0 Å². The molecule has 0 aromatic carbocycles. The molecule has 1 rings (SSSR count). The molecule has 1 aromatic heterocycles. The second kappa shape index (κ2) is 5.27. The Bertz CT molecular complexity index is 278. The van der Waals surface area contributed by atoms with Crippen LogP contribution < -0.4 is 17.0 Å². The molecular formula is C8H9BrClNO. The van der Waals surface area contributed by atoms with Crippen molar-refractivity contribution in [3.63, 3.8) is 0 Å². The molecule has 0 fully saturated rings. The average molecular weight is 251 g/mol. The van der Waals surface area contributed by atoms with Gasteiger partial charge in [-0.1, -0.05) is 0 Å². The van der Waals surface area contributed by atoms with Crippen LogP contribution in [-0.4, -0.2) is 5.78 Å². The molecule has 1 heterocycles. The molecule has 0 saturated carbocycles. The van der Waals surface area contributed by atoms with Gasteiger partial charge in [0.15, 0.2) is 12.0 Å². The molecule has 0 aliphatic carbocycles. The number of Topliss-reactive ketones (excluding diaryl/α,β-unsaturated/α-hetero) is 1. The molecule has 0 atom stereocenters. The number of carbonyl (C=O) groups is 1. The fourth-order valence-corrected chi connectivity index (χ4v) is 1.22. The third-order valence-corrected chi connectivity index (χ3v) is 2.00. The van der Waals surface area contributed by atoms with Crippen molar-refractivity contribution in [2.24, 2.45) is 0 Å². The maximum absolute atomic E-state index is 10.7. The van der Waals surface area contributed by atoms with Crippen LogP contribution in [-0.2, 0) is 11.3 Å². The molecule has 0 spiro atoms. The summed E-state index contributed by atoms with van der Waals surface area (Å²) in [6, 6.07) is 5.72. The van der Waals surface area contributed by atoms with Gasteiger partial charge in [0.25, 0.3) is 0 Å². The van der Waals surface area contributed by atoms with Crippen molar-refractivity contribution in [2.75, 3.05) is 0 Å². The zero-order valence-electron chi connectivity index (χ0n) is 6.63. The summed E-state index contributed by atoms with van der Waals surface area (Å²) in [6.07, 6.45) is 1.87. The first kappa shape index (κ1) is 11.6. The number of ketones is 1. The van der Waals surface area contributed by atoms with Crippen LogP contribution in [0, 0.1) is 0 Å². The summed E-state index contributed by atoms with van der Waals surface area (Å²) in [5.41, 5.74) is 0. The predicted octanol–water partition coefficient (Wildman–Crippen LogP) is -1.67. The van der Waals surface area contributed by atoms with Crippen LogP contribution in [0.15, 0.2) is 29.0 Å². The van der Waals surface area contributed by atoms with Crippen LogP contribution in [0.2, 0.25) is 0 Å². The Morgan fingerprint density at radius 2 is 2.25 bits per heavy atom. The van der Waals surface area contributed by atoms with Gasteiger partial charge >= 0.3 is 0 Å². The van der Waals surface area contributed by atoms with Crippen molar-refractivity contribution >= 4 is 21.7 Å². The van der Waals surface area contributed by atoms with Gasteiger partial charge in [-0.15, -0.1) is 0 Å². The van der Waals surface area contributed by atoms with Gasteiger partial charge < -0.3 is 12.4 Å². The fraction of sp³-hybridized carbons (Fsp3) is 0.250. The quantitative estimate of drug-likeness (QED) is 0.454. The Balaban J connectivity index is 0.00000121. The van der Waals surface area contributed by atoms with E-state index in [1.54, 1.807) is 6.92 Å². The number of nitrogens with zero attached hydrogens (tertiary/aromatic N) is 1. The van der Waals surface area contributed by atoms with Gasteiger partial charge in [-0.3, -0.25) is 4.79 Å². The Morgan fingerprint density at radius 1 is 1.58 bits per heavy atom. The molecule has 0 N–H and O–H groups in total. The molecule has 0 aliphatic heterocycles. The lowest BCUT2D eigenvalue weighted by Gasteiger charge is -1.93. The first-order valence-corrected chi connectivity index (χ1v) is 4.13. The number of rotatable bonds is 2. The van der Waals surface area contributed by atoms with E-state index in [0.29, 0.717) is 6.54 Å². The maximum atomic E-state index is 10.7. The van der Waals surface area contributed by atoms with Gasteiger partial charge in [0, 0.05) is 35.0 Å². The minimum absolute atomic E-state index is 0. The van der Waals surface area contributed by atoms with E-state index in [-0.39, 0.29) is 18.2 Å². The third-order valence-electron chi connectivity index (χ3n) is 1.28. The van der Waals surface area contributed by atoms with E-state index in [1.165, 1.54) is 0 Å². The van der Waals surface area contributed by atoms with Crippen molar-refractivity contribution in [1.29, 1.82) is 0 Å². The topological polar surface area (TPSA) is 20.9 Å². The molecule has 4 heteroatoms. The standard InChI is InChI=1S/C8H9BrNO.ClH/c1-7(11)6-10-5-3-2-4-8(10)9;/h2-5H,6H2,1H3;1H/q+1;/p-1. The Labute approximate surface area is 86.1 Å². The van der Waals surface area contributed by atoms with Crippen LogP contribution in [0.5, 0.6) is 0 Å². The third kappa shape index (κ3) is 3.32. The molecule has 0 amide bonds. The molecule has 0 saturated heterocycles. The largest absolute Gasteiger partial charge is 1.00 e. The Morgan fingerprint density at radius 3 is 2.75 bits per heavy atom. The normalized spacial score (nSPS) is 8.83. The molecule has 0 aliphatic rings. The summed E-state index contributed by atoms with van der Waals surface area (Å²) in [6.45, 7) is 2.01. The molecule has 0 radical (unpaired) electrons. The van der Waals surface area contributed by atoms with Gasteiger partial charge in [-0.2, -0.15) is 4.57 Å².